The second-order valence-electron chi connectivity index (χ2n) is 7.96. The maximum atomic E-state index is 13.6. The molecule has 1 unspecified atom stereocenters. The van der Waals surface area contributed by atoms with Crippen LogP contribution in [0.5, 0.6) is 0 Å². The molecular formula is C24H24N6O. The van der Waals surface area contributed by atoms with Crippen LogP contribution in [0.4, 0.5) is 0 Å². The lowest BCUT2D eigenvalue weighted by atomic mass is 9.96. The van der Waals surface area contributed by atoms with Gasteiger partial charge in [0.1, 0.15) is 6.33 Å². The molecule has 1 amide bonds. The number of carbonyl (C=O) groups excluding carboxylic acids is 1. The number of fused-ring (bicyclic) bond motifs is 1. The molecule has 0 bridgehead atoms. The van der Waals surface area contributed by atoms with E-state index >= 15 is 0 Å². The summed E-state index contributed by atoms with van der Waals surface area (Å²) in [7, 11) is 0. The fraction of sp³-hybridized carbons (Fsp3) is 0.292. The first-order valence-electron chi connectivity index (χ1n) is 10.8. The fourth-order valence-corrected chi connectivity index (χ4v) is 4.52. The van der Waals surface area contributed by atoms with Crippen molar-refractivity contribution in [1.82, 2.24) is 30.1 Å². The summed E-state index contributed by atoms with van der Waals surface area (Å²) in [6.45, 7) is 2.96. The largest absolute Gasteiger partial charge is 0.336 e. The number of carbonyl (C=O) groups is 1. The number of rotatable bonds is 4. The second kappa shape index (κ2) is 8.26. The summed E-state index contributed by atoms with van der Waals surface area (Å²) in [6.07, 6.45) is 7.61. The van der Waals surface area contributed by atoms with Crippen LogP contribution in [-0.2, 0) is 0 Å². The van der Waals surface area contributed by atoms with Gasteiger partial charge in [-0.15, -0.1) is 5.10 Å². The van der Waals surface area contributed by atoms with Crippen molar-refractivity contribution in [2.75, 3.05) is 6.54 Å². The van der Waals surface area contributed by atoms with Crippen molar-refractivity contribution in [2.24, 2.45) is 0 Å². The van der Waals surface area contributed by atoms with Gasteiger partial charge in [-0.1, -0.05) is 25.1 Å². The number of pyridine rings is 1. The molecule has 0 spiro atoms. The highest BCUT2D eigenvalue weighted by molar-refractivity contribution is 5.99. The maximum absolute atomic E-state index is 13.6. The van der Waals surface area contributed by atoms with Crippen LogP contribution >= 0.6 is 0 Å². The third-order valence-corrected chi connectivity index (χ3v) is 6.09. The highest BCUT2D eigenvalue weighted by atomic mass is 16.2. The number of hydrogen-bond acceptors (Lipinski definition) is 5. The van der Waals surface area contributed by atoms with Gasteiger partial charge in [0.05, 0.1) is 11.2 Å². The van der Waals surface area contributed by atoms with Crippen molar-refractivity contribution >= 4 is 16.8 Å². The Hall–Kier alpha value is -3.61. The zero-order valence-electron chi connectivity index (χ0n) is 17.5. The predicted molar refractivity (Wildman–Crippen MR) is 119 cm³/mol. The summed E-state index contributed by atoms with van der Waals surface area (Å²) in [5.41, 5.74) is 4.31. The predicted octanol–water partition coefficient (Wildman–Crippen LogP) is 4.28. The van der Waals surface area contributed by atoms with E-state index in [0.29, 0.717) is 11.6 Å². The number of hydrogen-bond donors (Lipinski definition) is 0. The van der Waals surface area contributed by atoms with E-state index in [2.05, 4.69) is 39.6 Å². The minimum atomic E-state index is 0.0705. The van der Waals surface area contributed by atoms with Gasteiger partial charge in [-0.3, -0.25) is 9.78 Å². The van der Waals surface area contributed by atoms with Gasteiger partial charge in [-0.2, -0.15) is 0 Å². The van der Waals surface area contributed by atoms with Crippen molar-refractivity contribution in [3.05, 3.63) is 66.6 Å². The van der Waals surface area contributed by atoms with E-state index in [4.69, 9.17) is 0 Å². The molecule has 1 atom stereocenters. The van der Waals surface area contributed by atoms with Crippen LogP contribution in [0.25, 0.3) is 27.7 Å². The molecule has 1 aliphatic heterocycles. The standard InChI is InChI=1S/C24H24N6O/c1-2-19-7-3-4-12-29(19)24(31)18-13-17(14-20(15-18)30-16-26-27-28-30)21-8-5-10-23-22(21)9-6-11-25-23/h5-6,8-11,13-16,19H,2-4,7,12H2,1H3. The van der Waals surface area contributed by atoms with Crippen molar-refractivity contribution in [3.8, 4) is 16.8 Å². The molecule has 0 saturated carbocycles. The Kier molecular flexibility index (Phi) is 5.16. The molecular weight excluding hydrogens is 388 g/mol. The molecule has 31 heavy (non-hydrogen) atoms. The van der Waals surface area contributed by atoms with Crippen LogP contribution < -0.4 is 0 Å². The molecule has 4 aromatic rings. The summed E-state index contributed by atoms with van der Waals surface area (Å²) in [5.74, 6) is 0.0705. The molecule has 2 aromatic heterocycles. The fourth-order valence-electron chi connectivity index (χ4n) is 4.52. The second-order valence-corrected chi connectivity index (χ2v) is 7.96. The molecule has 3 heterocycles. The number of amides is 1. The van der Waals surface area contributed by atoms with Gasteiger partial charge in [-0.25, -0.2) is 4.68 Å². The molecule has 7 nitrogen and oxygen atoms in total. The van der Waals surface area contributed by atoms with Crippen LogP contribution in [0.2, 0.25) is 0 Å². The molecule has 156 valence electrons. The van der Waals surface area contributed by atoms with Crippen LogP contribution in [0.3, 0.4) is 0 Å². The number of piperidine rings is 1. The van der Waals surface area contributed by atoms with Crippen LogP contribution in [0.15, 0.2) is 61.1 Å². The first-order chi connectivity index (χ1) is 15.2. The third-order valence-electron chi connectivity index (χ3n) is 6.09. The average Bonchev–Trinajstić information content (AvgIpc) is 3.38. The first kappa shape index (κ1) is 19.4. The van der Waals surface area contributed by atoms with Crippen molar-refractivity contribution in [1.29, 1.82) is 0 Å². The molecule has 2 aromatic carbocycles. The minimum Gasteiger partial charge on any atom is -0.336 e. The molecule has 1 aliphatic rings. The van der Waals surface area contributed by atoms with E-state index in [1.54, 1.807) is 17.2 Å². The zero-order chi connectivity index (χ0) is 21.2. The van der Waals surface area contributed by atoms with Gasteiger partial charge >= 0.3 is 0 Å². The lowest BCUT2D eigenvalue weighted by Crippen LogP contribution is -2.43. The van der Waals surface area contributed by atoms with E-state index in [1.165, 1.54) is 6.42 Å². The summed E-state index contributed by atoms with van der Waals surface area (Å²) in [5, 5.41) is 12.6. The van der Waals surface area contributed by atoms with E-state index < -0.39 is 0 Å². The van der Waals surface area contributed by atoms with Gasteiger partial charge in [0.15, 0.2) is 0 Å². The lowest BCUT2D eigenvalue weighted by Gasteiger charge is -2.35. The molecule has 1 saturated heterocycles. The summed E-state index contributed by atoms with van der Waals surface area (Å²) in [4.78, 5) is 20.1. The summed E-state index contributed by atoms with van der Waals surface area (Å²) < 4.78 is 1.59. The van der Waals surface area contributed by atoms with Gasteiger partial charge in [0.25, 0.3) is 5.91 Å². The highest BCUT2D eigenvalue weighted by Gasteiger charge is 2.27. The smallest absolute Gasteiger partial charge is 0.254 e. The number of benzene rings is 2. The van der Waals surface area contributed by atoms with E-state index in [9.17, 15) is 4.79 Å². The molecule has 1 fully saturated rings. The molecule has 0 aliphatic carbocycles. The Morgan fingerprint density at radius 1 is 1.13 bits per heavy atom. The Labute approximate surface area is 180 Å². The van der Waals surface area contributed by atoms with Crippen molar-refractivity contribution in [3.63, 3.8) is 0 Å². The van der Waals surface area contributed by atoms with Crippen LogP contribution in [0, 0.1) is 0 Å². The highest BCUT2D eigenvalue weighted by Crippen LogP contribution is 2.31. The SMILES string of the molecule is CCC1CCCCN1C(=O)c1cc(-c2cccc3ncccc23)cc(-n2cnnn2)c1. The lowest BCUT2D eigenvalue weighted by molar-refractivity contribution is 0.0608. The monoisotopic (exact) mass is 412 g/mol. The normalized spacial score (nSPS) is 16.5. The van der Waals surface area contributed by atoms with Gasteiger partial charge in [0.2, 0.25) is 0 Å². The van der Waals surface area contributed by atoms with E-state index in [-0.39, 0.29) is 5.91 Å². The third kappa shape index (κ3) is 3.67. The Morgan fingerprint density at radius 3 is 2.90 bits per heavy atom. The molecule has 5 rings (SSSR count). The average molecular weight is 412 g/mol. The first-order valence-corrected chi connectivity index (χ1v) is 10.8. The number of nitrogens with zero attached hydrogens (tertiary/aromatic N) is 6. The number of aromatic nitrogens is 5. The van der Waals surface area contributed by atoms with Crippen molar-refractivity contribution < 1.29 is 4.79 Å². The number of tetrazole rings is 1. The van der Waals surface area contributed by atoms with Crippen molar-refractivity contribution in [2.45, 2.75) is 38.6 Å². The molecule has 0 N–H and O–H groups in total. The van der Waals surface area contributed by atoms with Gasteiger partial charge in [0, 0.05) is 29.7 Å². The quantitative estimate of drug-likeness (QED) is 0.500. The Balaban J connectivity index is 1.65. The minimum absolute atomic E-state index is 0.0705. The molecule has 7 heteroatoms. The Bertz CT molecular complexity index is 1210. The molecule has 0 radical (unpaired) electrons. The zero-order valence-corrected chi connectivity index (χ0v) is 17.5. The maximum Gasteiger partial charge on any atom is 0.254 e. The van der Waals surface area contributed by atoms with Gasteiger partial charge < -0.3 is 4.90 Å². The van der Waals surface area contributed by atoms with E-state index in [0.717, 1.165) is 53.5 Å². The summed E-state index contributed by atoms with van der Waals surface area (Å²) in [6, 6.07) is 16.2. The van der Waals surface area contributed by atoms with Crippen LogP contribution in [-0.4, -0.2) is 48.6 Å². The Morgan fingerprint density at radius 2 is 2.06 bits per heavy atom. The number of likely N-dealkylation sites (tertiary alicyclic amines) is 1. The van der Waals surface area contributed by atoms with E-state index in [1.807, 2.05) is 41.3 Å². The van der Waals surface area contributed by atoms with Crippen LogP contribution in [0.1, 0.15) is 43.0 Å². The topological polar surface area (TPSA) is 76.8 Å². The summed E-state index contributed by atoms with van der Waals surface area (Å²) >= 11 is 0. The van der Waals surface area contributed by atoms with Gasteiger partial charge in [-0.05, 0) is 77.6 Å².